The van der Waals surface area contributed by atoms with E-state index in [9.17, 15) is 4.79 Å². The summed E-state index contributed by atoms with van der Waals surface area (Å²) < 4.78 is 0.620. The van der Waals surface area contributed by atoms with Gasteiger partial charge in [0.05, 0.1) is 5.69 Å². The van der Waals surface area contributed by atoms with Crippen molar-refractivity contribution in [3.8, 4) is 0 Å². The standard InChI is InChI=1S/C15H19BrN2O/c1-6-7-10(2)12-8-11(9-13(16)17-12)14(19)18-15(3,4)5/h6-9H,2H2,1,3-5H3,(H,18,19)/b7-6-. The van der Waals surface area contributed by atoms with Crippen LogP contribution in [0.4, 0.5) is 0 Å². The summed E-state index contributed by atoms with van der Waals surface area (Å²) in [5.41, 5.74) is 1.76. The van der Waals surface area contributed by atoms with Gasteiger partial charge in [0.2, 0.25) is 0 Å². The van der Waals surface area contributed by atoms with E-state index in [1.165, 1.54) is 0 Å². The van der Waals surface area contributed by atoms with E-state index in [-0.39, 0.29) is 11.4 Å². The molecule has 4 heteroatoms. The normalized spacial score (nSPS) is 11.6. The van der Waals surface area contributed by atoms with E-state index in [4.69, 9.17) is 0 Å². The van der Waals surface area contributed by atoms with E-state index in [0.29, 0.717) is 15.9 Å². The molecule has 0 aliphatic heterocycles. The summed E-state index contributed by atoms with van der Waals surface area (Å²) >= 11 is 3.32. The summed E-state index contributed by atoms with van der Waals surface area (Å²) in [5.74, 6) is -0.120. The molecule has 1 aromatic heterocycles. The van der Waals surface area contributed by atoms with Gasteiger partial charge in [0.15, 0.2) is 0 Å². The fourth-order valence-electron chi connectivity index (χ4n) is 1.49. The van der Waals surface area contributed by atoms with Gasteiger partial charge in [0, 0.05) is 11.1 Å². The van der Waals surface area contributed by atoms with Gasteiger partial charge < -0.3 is 5.32 Å². The van der Waals surface area contributed by atoms with Crippen LogP contribution in [0.25, 0.3) is 5.57 Å². The predicted molar refractivity (Wildman–Crippen MR) is 83.0 cm³/mol. The molecule has 0 unspecified atom stereocenters. The maximum absolute atomic E-state index is 12.1. The Hall–Kier alpha value is -1.42. The van der Waals surface area contributed by atoms with Crippen LogP contribution in [0, 0.1) is 0 Å². The average molecular weight is 323 g/mol. The molecule has 0 aromatic carbocycles. The summed E-state index contributed by atoms with van der Waals surface area (Å²) in [6, 6.07) is 3.45. The number of nitrogens with zero attached hydrogens (tertiary/aromatic N) is 1. The van der Waals surface area contributed by atoms with Gasteiger partial charge in [-0.1, -0.05) is 18.7 Å². The molecule has 1 rings (SSSR count). The number of halogens is 1. The van der Waals surface area contributed by atoms with Gasteiger partial charge in [0.1, 0.15) is 4.60 Å². The first-order valence-corrected chi connectivity index (χ1v) is 6.84. The van der Waals surface area contributed by atoms with Crippen LogP contribution in [-0.4, -0.2) is 16.4 Å². The molecule has 19 heavy (non-hydrogen) atoms. The highest BCUT2D eigenvalue weighted by Gasteiger charge is 2.16. The Morgan fingerprint density at radius 1 is 1.42 bits per heavy atom. The zero-order valence-electron chi connectivity index (χ0n) is 11.7. The minimum Gasteiger partial charge on any atom is -0.347 e. The SMILES string of the molecule is C=C(/C=C\C)c1cc(C(=O)NC(C)(C)C)cc(Br)n1. The van der Waals surface area contributed by atoms with Crippen LogP contribution in [0.5, 0.6) is 0 Å². The summed E-state index contributed by atoms with van der Waals surface area (Å²) in [4.78, 5) is 16.5. The lowest BCUT2D eigenvalue weighted by molar-refractivity contribution is 0.0919. The molecule has 0 aliphatic rings. The molecule has 1 aromatic rings. The molecule has 0 bridgehead atoms. The van der Waals surface area contributed by atoms with Crippen LogP contribution < -0.4 is 5.32 Å². The summed E-state index contributed by atoms with van der Waals surface area (Å²) in [7, 11) is 0. The molecule has 0 atom stereocenters. The van der Waals surface area contributed by atoms with Crippen molar-refractivity contribution in [1.82, 2.24) is 10.3 Å². The highest BCUT2D eigenvalue weighted by molar-refractivity contribution is 9.10. The molecule has 0 radical (unpaired) electrons. The maximum atomic E-state index is 12.1. The summed E-state index contributed by atoms with van der Waals surface area (Å²) in [6.07, 6.45) is 3.75. The first-order valence-electron chi connectivity index (χ1n) is 6.05. The van der Waals surface area contributed by atoms with Crippen molar-refractivity contribution >= 4 is 27.4 Å². The molecule has 0 aliphatic carbocycles. The van der Waals surface area contributed by atoms with Crippen molar-refractivity contribution in [3.05, 3.63) is 46.7 Å². The van der Waals surface area contributed by atoms with Crippen LogP contribution in [0.3, 0.4) is 0 Å². The predicted octanol–water partition coefficient (Wildman–Crippen LogP) is 3.96. The van der Waals surface area contributed by atoms with Crippen LogP contribution >= 0.6 is 15.9 Å². The minimum absolute atomic E-state index is 0.120. The second-order valence-corrected chi connectivity index (χ2v) is 6.11. The fourth-order valence-corrected chi connectivity index (χ4v) is 1.93. The minimum atomic E-state index is -0.271. The highest BCUT2D eigenvalue weighted by atomic mass is 79.9. The third-order valence-corrected chi connectivity index (χ3v) is 2.65. The lowest BCUT2D eigenvalue weighted by Crippen LogP contribution is -2.40. The molecule has 0 saturated heterocycles. The Kier molecular flexibility index (Phi) is 5.06. The number of rotatable bonds is 3. The average Bonchev–Trinajstić information content (AvgIpc) is 2.26. The number of carbonyl (C=O) groups excluding carboxylic acids is 1. The Balaban J connectivity index is 3.10. The first kappa shape index (κ1) is 15.6. The third-order valence-electron chi connectivity index (χ3n) is 2.24. The molecule has 0 saturated carbocycles. The Morgan fingerprint density at radius 2 is 2.05 bits per heavy atom. The van der Waals surface area contributed by atoms with Crippen molar-refractivity contribution < 1.29 is 4.79 Å². The zero-order valence-corrected chi connectivity index (χ0v) is 13.3. The molecule has 1 amide bonds. The van der Waals surface area contributed by atoms with Gasteiger partial charge in [-0.2, -0.15) is 0 Å². The largest absolute Gasteiger partial charge is 0.347 e. The van der Waals surface area contributed by atoms with Gasteiger partial charge in [-0.05, 0) is 61.3 Å². The van der Waals surface area contributed by atoms with Crippen molar-refractivity contribution in [3.63, 3.8) is 0 Å². The summed E-state index contributed by atoms with van der Waals surface area (Å²) in [5, 5.41) is 2.93. The van der Waals surface area contributed by atoms with E-state index in [0.717, 1.165) is 5.57 Å². The molecule has 0 fully saturated rings. The topological polar surface area (TPSA) is 42.0 Å². The Morgan fingerprint density at radius 3 is 2.58 bits per heavy atom. The van der Waals surface area contributed by atoms with Gasteiger partial charge >= 0.3 is 0 Å². The number of hydrogen-bond acceptors (Lipinski definition) is 2. The second-order valence-electron chi connectivity index (χ2n) is 5.29. The van der Waals surface area contributed by atoms with E-state index < -0.39 is 0 Å². The van der Waals surface area contributed by atoms with Gasteiger partial charge in [-0.15, -0.1) is 0 Å². The molecule has 3 nitrogen and oxygen atoms in total. The fraction of sp³-hybridized carbons (Fsp3) is 0.333. The van der Waals surface area contributed by atoms with Crippen LogP contribution in [-0.2, 0) is 0 Å². The van der Waals surface area contributed by atoms with Gasteiger partial charge in [-0.25, -0.2) is 4.98 Å². The van der Waals surface area contributed by atoms with E-state index in [2.05, 4.69) is 32.8 Å². The zero-order chi connectivity index (χ0) is 14.6. The number of aromatic nitrogens is 1. The van der Waals surface area contributed by atoms with Crippen LogP contribution in [0.2, 0.25) is 0 Å². The molecular weight excluding hydrogens is 304 g/mol. The monoisotopic (exact) mass is 322 g/mol. The van der Waals surface area contributed by atoms with Crippen LogP contribution in [0.15, 0.2) is 35.5 Å². The Labute approximate surface area is 123 Å². The molecule has 1 N–H and O–H groups in total. The maximum Gasteiger partial charge on any atom is 0.251 e. The van der Waals surface area contributed by atoms with Crippen molar-refractivity contribution in [2.75, 3.05) is 0 Å². The number of hydrogen-bond donors (Lipinski definition) is 1. The number of allylic oxidation sites excluding steroid dienone is 3. The van der Waals surface area contributed by atoms with E-state index >= 15 is 0 Å². The number of carbonyl (C=O) groups is 1. The number of amides is 1. The molecular formula is C15H19BrN2O. The highest BCUT2D eigenvalue weighted by Crippen LogP contribution is 2.18. The lowest BCUT2D eigenvalue weighted by Gasteiger charge is -2.20. The van der Waals surface area contributed by atoms with Gasteiger partial charge in [0.25, 0.3) is 5.91 Å². The van der Waals surface area contributed by atoms with Crippen molar-refractivity contribution in [2.45, 2.75) is 33.2 Å². The summed E-state index contributed by atoms with van der Waals surface area (Å²) in [6.45, 7) is 11.7. The molecule has 1 heterocycles. The van der Waals surface area contributed by atoms with Crippen molar-refractivity contribution in [2.24, 2.45) is 0 Å². The molecule has 0 spiro atoms. The van der Waals surface area contributed by atoms with Crippen molar-refractivity contribution in [1.29, 1.82) is 0 Å². The quantitative estimate of drug-likeness (QED) is 0.676. The number of nitrogens with one attached hydrogen (secondary N) is 1. The van der Waals surface area contributed by atoms with Crippen LogP contribution in [0.1, 0.15) is 43.7 Å². The third kappa shape index (κ3) is 4.99. The Bertz CT molecular complexity index is 527. The smallest absolute Gasteiger partial charge is 0.251 e. The lowest BCUT2D eigenvalue weighted by atomic mass is 10.1. The first-order chi connectivity index (χ1) is 8.73. The molecule has 102 valence electrons. The number of pyridine rings is 1. The van der Waals surface area contributed by atoms with E-state index in [1.807, 2.05) is 39.8 Å². The second kappa shape index (κ2) is 6.15. The van der Waals surface area contributed by atoms with Gasteiger partial charge in [-0.3, -0.25) is 4.79 Å². The van der Waals surface area contributed by atoms with E-state index in [1.54, 1.807) is 12.1 Å².